The number of halogens is 3. The third-order valence-electron chi connectivity index (χ3n) is 4.60. The van der Waals surface area contributed by atoms with Gasteiger partial charge in [0.05, 0.1) is 21.2 Å². The second kappa shape index (κ2) is 10.2. The normalized spacial score (nSPS) is 14.8. The van der Waals surface area contributed by atoms with Crippen molar-refractivity contribution in [1.29, 1.82) is 0 Å². The lowest BCUT2D eigenvalue weighted by atomic mass is 10.2. The number of benzene rings is 2. The Labute approximate surface area is 195 Å². The van der Waals surface area contributed by atoms with Crippen molar-refractivity contribution >= 4 is 62.4 Å². The van der Waals surface area contributed by atoms with Gasteiger partial charge in [-0.15, -0.1) is 0 Å². The topological polar surface area (TPSA) is 92.8 Å². The average molecular weight is 506 g/mol. The van der Waals surface area contributed by atoms with Crippen LogP contribution >= 0.6 is 34.8 Å². The van der Waals surface area contributed by atoms with Crippen molar-refractivity contribution in [3.63, 3.8) is 0 Å². The summed E-state index contributed by atoms with van der Waals surface area (Å²) in [5.74, 6) is -1.47. The van der Waals surface area contributed by atoms with Crippen LogP contribution in [-0.4, -0.2) is 44.3 Å². The standard InChI is InChI=1S/C20H19Cl3N2O5S/c21-14-8-13(9-15(22)10-14)20(27)30-12-19(26)24-18-11-16(4-5-17(18)23)31(28,29)25-6-2-1-3-7-25/h4-5,8-11H,1-3,6-7,12H2,(H,24,26). The number of ether oxygens (including phenoxy) is 1. The molecular weight excluding hydrogens is 487 g/mol. The van der Waals surface area contributed by atoms with Crippen molar-refractivity contribution in [2.75, 3.05) is 25.0 Å². The average Bonchev–Trinajstić information content (AvgIpc) is 2.73. The van der Waals surface area contributed by atoms with Crippen LogP contribution in [0.5, 0.6) is 0 Å². The fourth-order valence-corrected chi connectivity index (χ4v) is 5.32. The fraction of sp³-hybridized carbons (Fsp3) is 0.300. The molecule has 1 aliphatic rings. The Morgan fingerprint density at radius 3 is 2.26 bits per heavy atom. The van der Waals surface area contributed by atoms with Gasteiger partial charge in [0.15, 0.2) is 6.61 Å². The molecule has 166 valence electrons. The van der Waals surface area contributed by atoms with E-state index in [1.165, 1.54) is 40.7 Å². The number of carbonyl (C=O) groups is 2. The molecule has 11 heteroatoms. The van der Waals surface area contributed by atoms with Gasteiger partial charge in [-0.25, -0.2) is 13.2 Å². The van der Waals surface area contributed by atoms with Crippen LogP contribution in [0, 0.1) is 0 Å². The maximum absolute atomic E-state index is 12.8. The maximum Gasteiger partial charge on any atom is 0.338 e. The summed E-state index contributed by atoms with van der Waals surface area (Å²) < 4.78 is 32.1. The van der Waals surface area contributed by atoms with Crippen molar-refractivity contribution in [3.05, 3.63) is 57.0 Å². The fourth-order valence-electron chi connectivity index (χ4n) is 3.09. The van der Waals surface area contributed by atoms with Crippen molar-refractivity contribution in [1.82, 2.24) is 4.31 Å². The van der Waals surface area contributed by atoms with Gasteiger partial charge in [0.2, 0.25) is 10.0 Å². The van der Waals surface area contributed by atoms with Crippen LogP contribution in [0.3, 0.4) is 0 Å². The number of hydrogen-bond acceptors (Lipinski definition) is 5. The SMILES string of the molecule is O=C(COC(=O)c1cc(Cl)cc(Cl)c1)Nc1cc(S(=O)(=O)N2CCCCC2)ccc1Cl. The van der Waals surface area contributed by atoms with Gasteiger partial charge in [0, 0.05) is 23.1 Å². The number of carbonyl (C=O) groups excluding carboxylic acids is 2. The van der Waals surface area contributed by atoms with E-state index >= 15 is 0 Å². The van der Waals surface area contributed by atoms with Crippen LogP contribution in [0.25, 0.3) is 0 Å². The molecule has 0 unspecified atom stereocenters. The van der Waals surface area contributed by atoms with E-state index in [9.17, 15) is 18.0 Å². The molecule has 0 aliphatic carbocycles. The molecule has 0 atom stereocenters. The third-order valence-corrected chi connectivity index (χ3v) is 7.26. The minimum Gasteiger partial charge on any atom is -0.452 e. The molecule has 7 nitrogen and oxygen atoms in total. The number of nitrogens with zero attached hydrogens (tertiary/aromatic N) is 1. The quantitative estimate of drug-likeness (QED) is 0.579. The minimum absolute atomic E-state index is 0.0275. The van der Waals surface area contributed by atoms with E-state index in [4.69, 9.17) is 39.5 Å². The molecule has 1 saturated heterocycles. The number of anilines is 1. The molecule has 0 spiro atoms. The van der Waals surface area contributed by atoms with E-state index in [-0.39, 0.29) is 31.2 Å². The predicted molar refractivity (Wildman–Crippen MR) is 119 cm³/mol. The van der Waals surface area contributed by atoms with Crippen LogP contribution in [0.15, 0.2) is 41.3 Å². The van der Waals surface area contributed by atoms with Crippen LogP contribution in [0.4, 0.5) is 5.69 Å². The lowest BCUT2D eigenvalue weighted by molar-refractivity contribution is -0.119. The van der Waals surface area contributed by atoms with Gasteiger partial charge in [0.25, 0.3) is 5.91 Å². The Hall–Kier alpha value is -1.84. The highest BCUT2D eigenvalue weighted by Crippen LogP contribution is 2.28. The molecule has 2 aromatic rings. The third kappa shape index (κ3) is 6.11. The summed E-state index contributed by atoms with van der Waals surface area (Å²) >= 11 is 17.8. The second-order valence-electron chi connectivity index (χ2n) is 6.89. The van der Waals surface area contributed by atoms with Crippen molar-refractivity contribution in [2.24, 2.45) is 0 Å². The monoisotopic (exact) mass is 504 g/mol. The number of amides is 1. The predicted octanol–water partition coefficient (Wildman–Crippen LogP) is 4.62. The molecule has 1 fully saturated rings. The first kappa shape index (κ1) is 23.8. The van der Waals surface area contributed by atoms with E-state index in [0.717, 1.165) is 19.3 Å². The summed E-state index contributed by atoms with van der Waals surface area (Å²) in [6.07, 6.45) is 2.60. The Morgan fingerprint density at radius 1 is 0.968 bits per heavy atom. The molecule has 2 aromatic carbocycles. The van der Waals surface area contributed by atoms with Gasteiger partial charge in [-0.1, -0.05) is 41.2 Å². The first-order valence-corrected chi connectivity index (χ1v) is 12.0. The summed E-state index contributed by atoms with van der Waals surface area (Å²) in [7, 11) is -3.69. The minimum atomic E-state index is -3.69. The smallest absolute Gasteiger partial charge is 0.338 e. The number of sulfonamides is 1. The summed E-state index contributed by atoms with van der Waals surface area (Å²) in [5, 5.41) is 3.13. The molecule has 1 N–H and O–H groups in total. The molecule has 0 aromatic heterocycles. The Bertz CT molecular complexity index is 1080. The summed E-state index contributed by atoms with van der Waals surface area (Å²) in [4.78, 5) is 24.4. The van der Waals surface area contributed by atoms with Gasteiger partial charge in [-0.3, -0.25) is 4.79 Å². The van der Waals surface area contributed by atoms with Crippen LogP contribution in [0.1, 0.15) is 29.6 Å². The maximum atomic E-state index is 12.8. The number of esters is 1. The van der Waals surface area contributed by atoms with Gasteiger partial charge in [0.1, 0.15) is 0 Å². The zero-order chi connectivity index (χ0) is 22.6. The summed E-state index contributed by atoms with van der Waals surface area (Å²) in [6, 6.07) is 8.26. The van der Waals surface area contributed by atoms with E-state index in [2.05, 4.69) is 5.32 Å². The van der Waals surface area contributed by atoms with Gasteiger partial charge >= 0.3 is 5.97 Å². The lowest BCUT2D eigenvalue weighted by Gasteiger charge is -2.26. The lowest BCUT2D eigenvalue weighted by Crippen LogP contribution is -2.35. The highest BCUT2D eigenvalue weighted by molar-refractivity contribution is 7.89. The second-order valence-corrected chi connectivity index (χ2v) is 10.1. The number of piperidine rings is 1. The molecule has 1 heterocycles. The Balaban J connectivity index is 1.67. The molecule has 31 heavy (non-hydrogen) atoms. The molecule has 3 rings (SSSR count). The zero-order valence-corrected chi connectivity index (χ0v) is 19.3. The van der Waals surface area contributed by atoms with Crippen LogP contribution in [-0.2, 0) is 19.6 Å². The highest BCUT2D eigenvalue weighted by Gasteiger charge is 2.26. The van der Waals surface area contributed by atoms with Gasteiger partial charge < -0.3 is 10.1 Å². The highest BCUT2D eigenvalue weighted by atomic mass is 35.5. The van der Waals surface area contributed by atoms with Crippen molar-refractivity contribution in [3.8, 4) is 0 Å². The first-order chi connectivity index (χ1) is 14.7. The summed E-state index contributed by atoms with van der Waals surface area (Å²) in [6.45, 7) is 0.300. The molecule has 1 amide bonds. The molecule has 0 saturated carbocycles. The van der Waals surface area contributed by atoms with E-state index in [1.807, 2.05) is 0 Å². The van der Waals surface area contributed by atoms with Crippen molar-refractivity contribution in [2.45, 2.75) is 24.2 Å². The van der Waals surface area contributed by atoms with E-state index in [1.54, 1.807) is 0 Å². The molecule has 0 radical (unpaired) electrons. The largest absolute Gasteiger partial charge is 0.452 e. The molecular formula is C20H19Cl3N2O5S. The zero-order valence-electron chi connectivity index (χ0n) is 16.2. The molecule has 0 bridgehead atoms. The molecule has 1 aliphatic heterocycles. The van der Waals surface area contributed by atoms with Crippen LogP contribution < -0.4 is 5.32 Å². The van der Waals surface area contributed by atoms with Gasteiger partial charge in [-0.2, -0.15) is 4.31 Å². The van der Waals surface area contributed by atoms with Gasteiger partial charge in [-0.05, 0) is 49.2 Å². The Morgan fingerprint density at radius 2 is 1.61 bits per heavy atom. The number of rotatable bonds is 6. The van der Waals surface area contributed by atoms with Crippen molar-refractivity contribution < 1.29 is 22.7 Å². The number of nitrogens with one attached hydrogen (secondary N) is 1. The summed E-state index contributed by atoms with van der Waals surface area (Å²) in [5.41, 5.74) is 0.199. The van der Waals surface area contributed by atoms with E-state index < -0.39 is 28.5 Å². The first-order valence-electron chi connectivity index (χ1n) is 9.39. The number of hydrogen-bond donors (Lipinski definition) is 1. The Kier molecular flexibility index (Phi) is 7.82. The van der Waals surface area contributed by atoms with E-state index in [0.29, 0.717) is 13.1 Å². The van der Waals surface area contributed by atoms with Crippen LogP contribution in [0.2, 0.25) is 15.1 Å².